The third-order valence-electron chi connectivity index (χ3n) is 3.13. The van der Waals surface area contributed by atoms with Crippen LogP contribution in [-0.4, -0.2) is 19.1 Å². The van der Waals surface area contributed by atoms with Gasteiger partial charge in [0.2, 0.25) is 0 Å². The zero-order valence-electron chi connectivity index (χ0n) is 10.9. The first-order valence-electron chi connectivity index (χ1n) is 6.12. The number of nitrogens with zero attached hydrogens (tertiary/aromatic N) is 4. The number of halogens is 2. The van der Waals surface area contributed by atoms with Gasteiger partial charge in [-0.3, -0.25) is 19.5 Å². The molecule has 1 aromatic carbocycles. The van der Waals surface area contributed by atoms with Gasteiger partial charge in [0, 0.05) is 6.07 Å². The van der Waals surface area contributed by atoms with E-state index in [0.717, 1.165) is 5.56 Å². The third kappa shape index (κ3) is 2.56. The molecule has 0 aliphatic heterocycles. The Morgan fingerprint density at radius 2 is 2.00 bits per heavy atom. The van der Waals surface area contributed by atoms with Crippen molar-refractivity contribution < 1.29 is 4.92 Å². The monoisotopic (exact) mass is 338 g/mol. The Balaban J connectivity index is 2.04. The molecule has 2 heterocycles. The summed E-state index contributed by atoms with van der Waals surface area (Å²) in [7, 11) is 0. The molecule has 0 amide bonds. The molecule has 0 atom stereocenters. The van der Waals surface area contributed by atoms with Gasteiger partial charge in [-0.1, -0.05) is 29.3 Å². The second kappa shape index (κ2) is 5.43. The van der Waals surface area contributed by atoms with Crippen LogP contribution < -0.4 is 5.56 Å². The van der Waals surface area contributed by atoms with Crippen molar-refractivity contribution >= 4 is 34.4 Å². The van der Waals surface area contributed by atoms with Crippen LogP contribution in [0.5, 0.6) is 0 Å². The summed E-state index contributed by atoms with van der Waals surface area (Å²) < 4.78 is 2.53. The minimum absolute atomic E-state index is 0.134. The Morgan fingerprint density at radius 3 is 2.68 bits per heavy atom. The number of rotatable bonds is 3. The topological polar surface area (TPSA) is 82.4 Å². The first-order valence-corrected chi connectivity index (χ1v) is 6.87. The molecule has 0 saturated carbocycles. The maximum absolute atomic E-state index is 12.3. The van der Waals surface area contributed by atoms with Crippen molar-refractivity contribution in [3.05, 3.63) is 72.9 Å². The van der Waals surface area contributed by atoms with Gasteiger partial charge in [0.1, 0.15) is 18.0 Å². The van der Waals surface area contributed by atoms with E-state index in [4.69, 9.17) is 23.2 Å². The Morgan fingerprint density at radius 1 is 1.23 bits per heavy atom. The molecule has 0 unspecified atom stereocenters. The molecule has 3 aromatic rings. The van der Waals surface area contributed by atoms with Gasteiger partial charge in [-0.05, 0) is 17.7 Å². The minimum atomic E-state index is -0.572. The smallest absolute Gasteiger partial charge is 0.289 e. The van der Waals surface area contributed by atoms with E-state index in [-0.39, 0.29) is 23.3 Å². The zero-order valence-corrected chi connectivity index (χ0v) is 12.5. The Kier molecular flexibility index (Phi) is 3.59. The van der Waals surface area contributed by atoms with Crippen LogP contribution in [0.4, 0.5) is 5.69 Å². The number of hydrogen-bond acceptors (Lipinski definition) is 4. The van der Waals surface area contributed by atoms with E-state index in [0.29, 0.717) is 10.0 Å². The Labute approximate surface area is 133 Å². The molecule has 0 aliphatic carbocycles. The Hall–Kier alpha value is -2.38. The van der Waals surface area contributed by atoms with E-state index in [1.807, 2.05) is 0 Å². The largest absolute Gasteiger partial charge is 0.291 e. The highest BCUT2D eigenvalue weighted by atomic mass is 35.5. The normalized spacial score (nSPS) is 11.0. The maximum atomic E-state index is 12.3. The number of aromatic nitrogens is 3. The van der Waals surface area contributed by atoms with Crippen molar-refractivity contribution in [1.82, 2.24) is 14.2 Å². The molecule has 0 spiro atoms. The molecule has 0 bridgehead atoms. The number of fused-ring (bicyclic) bond motifs is 1. The zero-order chi connectivity index (χ0) is 15.9. The lowest BCUT2D eigenvalue weighted by Crippen LogP contribution is -2.23. The van der Waals surface area contributed by atoms with Crippen LogP contribution in [0.3, 0.4) is 0 Å². The van der Waals surface area contributed by atoms with Crippen molar-refractivity contribution in [1.29, 1.82) is 0 Å². The van der Waals surface area contributed by atoms with Gasteiger partial charge in [0.05, 0.1) is 21.5 Å². The van der Waals surface area contributed by atoms with Gasteiger partial charge in [-0.25, -0.2) is 4.52 Å². The number of hydrogen-bond donors (Lipinski definition) is 0. The van der Waals surface area contributed by atoms with Gasteiger partial charge in [-0.2, -0.15) is 5.10 Å². The fourth-order valence-corrected chi connectivity index (χ4v) is 2.38. The fraction of sp³-hybridized carbons (Fsp3) is 0.0769. The van der Waals surface area contributed by atoms with Crippen molar-refractivity contribution in [3.8, 4) is 0 Å². The van der Waals surface area contributed by atoms with Gasteiger partial charge < -0.3 is 0 Å². The lowest BCUT2D eigenvalue weighted by molar-refractivity contribution is -0.384. The van der Waals surface area contributed by atoms with Crippen molar-refractivity contribution in [2.24, 2.45) is 0 Å². The molecule has 7 nitrogen and oxygen atoms in total. The molecular formula is C13H8Cl2N4O3. The van der Waals surface area contributed by atoms with E-state index in [1.165, 1.54) is 27.7 Å². The van der Waals surface area contributed by atoms with Crippen LogP contribution >= 0.6 is 23.2 Å². The summed E-state index contributed by atoms with van der Waals surface area (Å²) in [6.45, 7) is 0.234. The summed E-state index contributed by atoms with van der Waals surface area (Å²) in [6.07, 6.45) is 2.52. The minimum Gasteiger partial charge on any atom is -0.291 e. The van der Waals surface area contributed by atoms with Crippen LogP contribution in [0.1, 0.15) is 5.56 Å². The quantitative estimate of drug-likeness (QED) is 0.543. The molecule has 0 aliphatic rings. The second-order valence-electron chi connectivity index (χ2n) is 4.60. The van der Waals surface area contributed by atoms with Crippen molar-refractivity contribution in [2.75, 3.05) is 0 Å². The average molecular weight is 339 g/mol. The van der Waals surface area contributed by atoms with Crippen LogP contribution in [-0.2, 0) is 6.54 Å². The second-order valence-corrected chi connectivity index (χ2v) is 5.41. The maximum Gasteiger partial charge on any atom is 0.289 e. The number of nitro groups is 1. The highest BCUT2D eigenvalue weighted by Gasteiger charge is 2.14. The molecule has 0 radical (unpaired) electrons. The summed E-state index contributed by atoms with van der Waals surface area (Å²) in [5.74, 6) is 0. The van der Waals surface area contributed by atoms with Gasteiger partial charge in [0.25, 0.3) is 11.2 Å². The highest BCUT2D eigenvalue weighted by molar-refractivity contribution is 6.42. The van der Waals surface area contributed by atoms with Gasteiger partial charge in [-0.15, -0.1) is 0 Å². The standard InChI is InChI=1S/C13H8Cl2N4O3/c14-10-2-1-8(3-11(10)15)5-17-7-16-18-6-9(19(21)22)4-12(18)13(17)20/h1-4,6-7H,5H2. The van der Waals surface area contributed by atoms with Crippen LogP contribution in [0.2, 0.25) is 10.0 Å². The van der Waals surface area contributed by atoms with E-state index in [1.54, 1.807) is 18.2 Å². The molecule has 9 heteroatoms. The summed E-state index contributed by atoms with van der Waals surface area (Å²) >= 11 is 11.8. The Bertz CT molecular complexity index is 948. The summed E-state index contributed by atoms with van der Waals surface area (Å²) in [5.41, 5.74) is 0.337. The van der Waals surface area contributed by atoms with Gasteiger partial charge >= 0.3 is 0 Å². The van der Waals surface area contributed by atoms with E-state index in [2.05, 4.69) is 5.10 Å². The average Bonchev–Trinajstić information content (AvgIpc) is 2.91. The molecule has 2 aromatic heterocycles. The SMILES string of the molecule is O=c1c2cc([N+](=O)[O-])cn2ncn1Cc1ccc(Cl)c(Cl)c1. The van der Waals surface area contributed by atoms with E-state index >= 15 is 0 Å². The molecule has 0 saturated heterocycles. The summed E-state index contributed by atoms with van der Waals surface area (Å²) in [5, 5.41) is 15.6. The molecule has 0 fully saturated rings. The predicted molar refractivity (Wildman–Crippen MR) is 81.7 cm³/mol. The lowest BCUT2D eigenvalue weighted by Gasteiger charge is -2.06. The summed E-state index contributed by atoms with van der Waals surface area (Å²) in [4.78, 5) is 22.5. The molecule has 112 valence electrons. The number of benzene rings is 1. The van der Waals surface area contributed by atoms with Crippen molar-refractivity contribution in [2.45, 2.75) is 6.54 Å². The first kappa shape index (κ1) is 14.6. The molecule has 0 N–H and O–H groups in total. The third-order valence-corrected chi connectivity index (χ3v) is 3.87. The van der Waals surface area contributed by atoms with Crippen LogP contribution in [0.15, 0.2) is 41.6 Å². The van der Waals surface area contributed by atoms with Crippen molar-refractivity contribution in [3.63, 3.8) is 0 Å². The molecular weight excluding hydrogens is 331 g/mol. The predicted octanol–water partition coefficient (Wildman–Crippen LogP) is 2.76. The van der Waals surface area contributed by atoms with Gasteiger partial charge in [0.15, 0.2) is 0 Å². The summed E-state index contributed by atoms with van der Waals surface area (Å²) in [6, 6.07) is 6.23. The molecule has 3 rings (SSSR count). The van der Waals surface area contributed by atoms with E-state index in [9.17, 15) is 14.9 Å². The lowest BCUT2D eigenvalue weighted by atomic mass is 10.2. The highest BCUT2D eigenvalue weighted by Crippen LogP contribution is 2.22. The van der Waals surface area contributed by atoms with Crippen LogP contribution in [0.25, 0.3) is 5.52 Å². The fourth-order valence-electron chi connectivity index (χ4n) is 2.06. The van der Waals surface area contributed by atoms with E-state index < -0.39 is 4.92 Å². The molecule has 22 heavy (non-hydrogen) atoms. The first-order chi connectivity index (χ1) is 10.5. The van der Waals surface area contributed by atoms with Crippen LogP contribution in [0, 0.1) is 10.1 Å².